The van der Waals surface area contributed by atoms with E-state index in [4.69, 9.17) is 4.74 Å². The molecule has 5 nitrogen and oxygen atoms in total. The Balaban J connectivity index is 2.06. The second-order valence-corrected chi connectivity index (χ2v) is 5.87. The monoisotopic (exact) mass is 295 g/mol. The van der Waals surface area contributed by atoms with Gasteiger partial charge in [0.2, 0.25) is 5.82 Å². The molecule has 0 N–H and O–H groups in total. The van der Waals surface area contributed by atoms with Crippen molar-refractivity contribution < 1.29 is 18.8 Å². The maximum atomic E-state index is 13.5. The summed E-state index contributed by atoms with van der Waals surface area (Å²) < 4.78 is 18.9. The molecule has 114 valence electrons. The average Bonchev–Trinajstić information content (AvgIpc) is 2.36. The van der Waals surface area contributed by atoms with Crippen molar-refractivity contribution in [1.82, 2.24) is 0 Å². The Morgan fingerprint density at radius 2 is 1.90 bits per heavy atom. The van der Waals surface area contributed by atoms with Gasteiger partial charge in [0.15, 0.2) is 0 Å². The highest BCUT2D eigenvalue weighted by atomic mass is 19.1. The predicted octanol–water partition coefficient (Wildman–Crippen LogP) is 3.72. The number of nitrogens with zero attached hydrogens (tertiary/aromatic N) is 1. The predicted molar refractivity (Wildman–Crippen MR) is 74.4 cm³/mol. The third-order valence-corrected chi connectivity index (χ3v) is 3.79. The molecule has 2 atom stereocenters. The fraction of sp³-hybridized carbons (Fsp3) is 0.533. The lowest BCUT2D eigenvalue weighted by molar-refractivity contribution is -0.387. The molecule has 1 saturated carbocycles. The van der Waals surface area contributed by atoms with Gasteiger partial charge in [-0.2, -0.15) is 4.39 Å². The van der Waals surface area contributed by atoms with Crippen LogP contribution >= 0.6 is 0 Å². The van der Waals surface area contributed by atoms with Gasteiger partial charge in [-0.15, -0.1) is 0 Å². The molecular weight excluding hydrogens is 277 g/mol. The third kappa shape index (κ3) is 3.77. The van der Waals surface area contributed by atoms with Crippen LogP contribution in [-0.2, 0) is 4.74 Å². The minimum atomic E-state index is -1.03. The molecule has 0 aromatic heterocycles. The van der Waals surface area contributed by atoms with E-state index < -0.39 is 22.4 Å². The fourth-order valence-electron chi connectivity index (χ4n) is 2.97. The van der Waals surface area contributed by atoms with Crippen molar-refractivity contribution in [2.45, 2.75) is 39.2 Å². The van der Waals surface area contributed by atoms with E-state index in [1.54, 1.807) is 0 Å². The molecule has 0 aliphatic heterocycles. The van der Waals surface area contributed by atoms with Crippen molar-refractivity contribution in [3.05, 3.63) is 39.7 Å². The highest BCUT2D eigenvalue weighted by molar-refractivity contribution is 5.89. The molecule has 1 aromatic carbocycles. The van der Waals surface area contributed by atoms with Crippen LogP contribution in [0.5, 0.6) is 0 Å². The van der Waals surface area contributed by atoms with Crippen molar-refractivity contribution >= 4 is 11.7 Å². The van der Waals surface area contributed by atoms with Gasteiger partial charge in [0, 0.05) is 6.07 Å². The molecule has 21 heavy (non-hydrogen) atoms. The minimum absolute atomic E-state index is 0.00368. The molecule has 2 rings (SSSR count). The van der Waals surface area contributed by atoms with Gasteiger partial charge in [-0.3, -0.25) is 10.1 Å². The van der Waals surface area contributed by atoms with Gasteiger partial charge in [0.05, 0.1) is 10.5 Å². The number of carbonyl (C=O) groups is 1. The van der Waals surface area contributed by atoms with Crippen LogP contribution in [-0.4, -0.2) is 17.0 Å². The molecule has 1 fully saturated rings. The molecule has 0 radical (unpaired) electrons. The fourth-order valence-corrected chi connectivity index (χ4v) is 2.97. The number of hydrogen-bond donors (Lipinski definition) is 0. The summed E-state index contributed by atoms with van der Waals surface area (Å²) in [5, 5.41) is 10.5. The summed E-state index contributed by atoms with van der Waals surface area (Å²) >= 11 is 0. The zero-order valence-corrected chi connectivity index (χ0v) is 12.0. The summed E-state index contributed by atoms with van der Waals surface area (Å²) in [6.45, 7) is 4.23. The lowest BCUT2D eigenvalue weighted by Gasteiger charge is -2.31. The smallest absolute Gasteiger partial charge is 0.338 e. The maximum Gasteiger partial charge on any atom is 0.338 e. The van der Waals surface area contributed by atoms with E-state index in [0.717, 1.165) is 31.4 Å². The Morgan fingerprint density at radius 1 is 1.29 bits per heavy atom. The van der Waals surface area contributed by atoms with Gasteiger partial charge in [0.1, 0.15) is 6.10 Å². The van der Waals surface area contributed by atoms with E-state index in [1.807, 2.05) is 0 Å². The van der Waals surface area contributed by atoms with Crippen LogP contribution in [0.3, 0.4) is 0 Å². The van der Waals surface area contributed by atoms with Gasteiger partial charge in [0.25, 0.3) is 0 Å². The molecule has 1 aliphatic carbocycles. The molecule has 1 aliphatic rings. The Kier molecular flexibility index (Phi) is 4.55. The van der Waals surface area contributed by atoms with E-state index >= 15 is 0 Å². The number of hydrogen-bond acceptors (Lipinski definition) is 4. The number of esters is 1. The first-order chi connectivity index (χ1) is 9.86. The van der Waals surface area contributed by atoms with Gasteiger partial charge in [-0.1, -0.05) is 13.8 Å². The summed E-state index contributed by atoms with van der Waals surface area (Å²) in [7, 11) is 0. The van der Waals surface area contributed by atoms with E-state index in [2.05, 4.69) is 13.8 Å². The lowest BCUT2D eigenvalue weighted by Crippen LogP contribution is -2.28. The molecule has 0 saturated heterocycles. The number of benzene rings is 1. The Labute approximate surface area is 122 Å². The quantitative estimate of drug-likeness (QED) is 0.484. The summed E-state index contributed by atoms with van der Waals surface area (Å²) in [4.78, 5) is 21.7. The van der Waals surface area contributed by atoms with Crippen LogP contribution < -0.4 is 0 Å². The first-order valence-corrected chi connectivity index (χ1v) is 7.01. The first kappa shape index (κ1) is 15.4. The summed E-state index contributed by atoms with van der Waals surface area (Å²) in [6, 6.07) is 3.06. The second kappa shape index (κ2) is 6.20. The zero-order chi connectivity index (χ0) is 15.6. The second-order valence-electron chi connectivity index (χ2n) is 5.87. The number of nitro groups is 1. The van der Waals surface area contributed by atoms with Crippen LogP contribution in [0.2, 0.25) is 0 Å². The Morgan fingerprint density at radius 3 is 2.43 bits per heavy atom. The minimum Gasteiger partial charge on any atom is -0.459 e. The Hall–Kier alpha value is -1.98. The van der Waals surface area contributed by atoms with Gasteiger partial charge in [-0.05, 0) is 43.2 Å². The van der Waals surface area contributed by atoms with Gasteiger partial charge in [-0.25, -0.2) is 4.79 Å². The summed E-state index contributed by atoms with van der Waals surface area (Å²) in [6.07, 6.45) is 2.53. The normalized spacial score (nSPS) is 25.4. The van der Waals surface area contributed by atoms with E-state index in [0.29, 0.717) is 11.8 Å². The summed E-state index contributed by atoms with van der Waals surface area (Å²) in [5.74, 6) is -0.685. The Bertz CT molecular complexity index is 551. The third-order valence-electron chi connectivity index (χ3n) is 3.79. The molecule has 0 amide bonds. The molecule has 0 spiro atoms. The highest BCUT2D eigenvalue weighted by Crippen LogP contribution is 2.31. The van der Waals surface area contributed by atoms with Crippen LogP contribution in [0.4, 0.5) is 10.1 Å². The van der Waals surface area contributed by atoms with Crippen LogP contribution in [0.1, 0.15) is 43.5 Å². The molecular formula is C15H18FNO4. The number of carbonyl (C=O) groups excluding carboxylic acids is 1. The topological polar surface area (TPSA) is 69.4 Å². The molecule has 1 aromatic rings. The van der Waals surface area contributed by atoms with Crippen molar-refractivity contribution in [2.75, 3.05) is 0 Å². The standard InChI is InChI=1S/C15H18FNO4/c1-9-5-10(2)7-12(6-9)21-15(18)11-3-4-14(17(19)20)13(16)8-11/h3-4,8-10,12H,5-7H2,1-2H3. The number of halogens is 1. The van der Waals surface area contributed by atoms with Crippen molar-refractivity contribution in [3.8, 4) is 0 Å². The number of rotatable bonds is 3. The molecule has 2 unspecified atom stereocenters. The van der Waals surface area contributed by atoms with Crippen molar-refractivity contribution in [3.63, 3.8) is 0 Å². The van der Waals surface area contributed by atoms with Crippen molar-refractivity contribution in [1.29, 1.82) is 0 Å². The van der Waals surface area contributed by atoms with Gasteiger partial charge < -0.3 is 4.74 Å². The largest absolute Gasteiger partial charge is 0.459 e. The first-order valence-electron chi connectivity index (χ1n) is 7.01. The van der Waals surface area contributed by atoms with E-state index in [1.165, 1.54) is 6.07 Å². The number of nitro benzene ring substituents is 1. The maximum absolute atomic E-state index is 13.5. The van der Waals surface area contributed by atoms with Crippen molar-refractivity contribution in [2.24, 2.45) is 11.8 Å². The number of ether oxygens (including phenoxy) is 1. The average molecular weight is 295 g/mol. The molecule has 6 heteroatoms. The zero-order valence-electron chi connectivity index (χ0n) is 12.0. The van der Waals surface area contributed by atoms with E-state index in [-0.39, 0.29) is 11.7 Å². The SMILES string of the molecule is CC1CC(C)CC(OC(=O)c2ccc([N+](=O)[O-])c(F)c2)C1. The van der Waals surface area contributed by atoms with Crippen LogP contribution in [0.25, 0.3) is 0 Å². The highest BCUT2D eigenvalue weighted by Gasteiger charge is 2.27. The van der Waals surface area contributed by atoms with Crippen LogP contribution in [0, 0.1) is 27.8 Å². The van der Waals surface area contributed by atoms with E-state index in [9.17, 15) is 19.3 Å². The van der Waals surface area contributed by atoms with Gasteiger partial charge >= 0.3 is 11.7 Å². The molecule has 0 heterocycles. The molecule has 0 bridgehead atoms. The lowest BCUT2D eigenvalue weighted by atomic mass is 9.82. The van der Waals surface area contributed by atoms with Crippen LogP contribution in [0.15, 0.2) is 18.2 Å². The summed E-state index contributed by atoms with van der Waals surface area (Å²) in [5.41, 5.74) is -0.643.